The van der Waals surface area contributed by atoms with Gasteiger partial charge in [-0.15, -0.1) is 0 Å². The molecule has 0 radical (unpaired) electrons. The SMILES string of the molecule is COc1cc(Oc2ccc(N(C)C(=S)NC(=O)Cc3ccccc3)cc2)c2cc(C(N)=O)ccc2n1. The maximum atomic E-state index is 12.4. The topological polar surface area (TPSA) is 107 Å². The molecule has 0 unspecified atom stereocenters. The van der Waals surface area contributed by atoms with E-state index < -0.39 is 5.91 Å². The molecule has 0 fully saturated rings. The third-order valence-electron chi connectivity index (χ3n) is 5.45. The van der Waals surface area contributed by atoms with Gasteiger partial charge in [-0.3, -0.25) is 9.59 Å². The lowest BCUT2D eigenvalue weighted by Crippen LogP contribution is -2.41. The lowest BCUT2D eigenvalue weighted by molar-refractivity contribution is -0.119. The van der Waals surface area contributed by atoms with E-state index in [1.54, 1.807) is 48.3 Å². The number of carbonyl (C=O) groups is 2. The number of nitrogens with two attached hydrogens (primary N) is 1. The van der Waals surface area contributed by atoms with Crippen molar-refractivity contribution < 1.29 is 19.1 Å². The summed E-state index contributed by atoms with van der Waals surface area (Å²) in [5.41, 5.74) is 8.05. The summed E-state index contributed by atoms with van der Waals surface area (Å²) < 4.78 is 11.4. The van der Waals surface area contributed by atoms with Crippen LogP contribution in [0.4, 0.5) is 5.69 Å². The number of anilines is 1. The summed E-state index contributed by atoms with van der Waals surface area (Å²) in [4.78, 5) is 30.1. The average Bonchev–Trinajstić information content (AvgIpc) is 2.88. The molecule has 3 aromatic carbocycles. The maximum absolute atomic E-state index is 12.4. The smallest absolute Gasteiger partial charge is 0.248 e. The van der Waals surface area contributed by atoms with Crippen LogP contribution in [0.2, 0.25) is 0 Å². The number of hydrogen-bond acceptors (Lipinski definition) is 6. The number of ether oxygens (including phenoxy) is 2. The van der Waals surface area contributed by atoms with Crippen LogP contribution < -0.4 is 25.4 Å². The largest absolute Gasteiger partial charge is 0.481 e. The number of amides is 2. The average molecular weight is 501 g/mol. The van der Waals surface area contributed by atoms with E-state index in [-0.39, 0.29) is 17.4 Å². The summed E-state index contributed by atoms with van der Waals surface area (Å²) in [5.74, 6) is 0.650. The van der Waals surface area contributed by atoms with Crippen molar-refractivity contribution >= 4 is 45.7 Å². The highest BCUT2D eigenvalue weighted by molar-refractivity contribution is 7.80. The molecule has 0 aliphatic carbocycles. The van der Waals surface area contributed by atoms with Crippen LogP contribution in [0.1, 0.15) is 15.9 Å². The Bertz CT molecular complexity index is 1430. The van der Waals surface area contributed by atoms with Gasteiger partial charge >= 0.3 is 0 Å². The molecule has 0 aliphatic heterocycles. The minimum Gasteiger partial charge on any atom is -0.481 e. The third kappa shape index (κ3) is 5.76. The van der Waals surface area contributed by atoms with Crippen molar-refractivity contribution in [2.24, 2.45) is 5.73 Å². The number of primary amides is 1. The Hall–Kier alpha value is -4.50. The van der Waals surface area contributed by atoms with E-state index in [2.05, 4.69) is 10.3 Å². The fourth-order valence-electron chi connectivity index (χ4n) is 3.52. The molecular formula is C27H24N4O4S. The zero-order valence-electron chi connectivity index (χ0n) is 19.7. The second-order valence-corrected chi connectivity index (χ2v) is 8.32. The number of nitrogens with one attached hydrogen (secondary N) is 1. The molecule has 0 aliphatic rings. The van der Waals surface area contributed by atoms with Gasteiger partial charge in [-0.2, -0.15) is 0 Å². The van der Waals surface area contributed by atoms with Crippen molar-refractivity contribution in [2.75, 3.05) is 19.1 Å². The predicted molar refractivity (Wildman–Crippen MR) is 143 cm³/mol. The minimum atomic E-state index is -0.544. The van der Waals surface area contributed by atoms with E-state index in [4.69, 9.17) is 27.4 Å². The summed E-state index contributed by atoms with van der Waals surface area (Å²) >= 11 is 5.41. The Morgan fingerprint density at radius 3 is 2.42 bits per heavy atom. The van der Waals surface area contributed by atoms with E-state index in [1.165, 1.54) is 7.11 Å². The van der Waals surface area contributed by atoms with Gasteiger partial charge in [-0.05, 0) is 60.2 Å². The Morgan fingerprint density at radius 1 is 1.03 bits per heavy atom. The number of nitrogens with zero attached hydrogens (tertiary/aromatic N) is 2. The van der Waals surface area contributed by atoms with Gasteiger partial charge in [0.2, 0.25) is 17.7 Å². The van der Waals surface area contributed by atoms with E-state index >= 15 is 0 Å². The van der Waals surface area contributed by atoms with Crippen LogP contribution in [0.5, 0.6) is 17.4 Å². The molecule has 4 aromatic rings. The van der Waals surface area contributed by atoms with Crippen molar-refractivity contribution in [3.05, 3.63) is 90.0 Å². The molecule has 36 heavy (non-hydrogen) atoms. The number of pyridine rings is 1. The fraction of sp³-hybridized carbons (Fsp3) is 0.111. The Labute approximate surface area is 213 Å². The normalized spacial score (nSPS) is 10.5. The quantitative estimate of drug-likeness (QED) is 0.366. The van der Waals surface area contributed by atoms with Gasteiger partial charge in [0.05, 0.1) is 19.0 Å². The Morgan fingerprint density at radius 2 is 1.75 bits per heavy atom. The first-order valence-electron chi connectivity index (χ1n) is 11.0. The van der Waals surface area contributed by atoms with E-state index in [0.29, 0.717) is 33.8 Å². The number of rotatable bonds is 7. The number of thiocarbonyl (C=S) groups is 1. The van der Waals surface area contributed by atoms with Crippen LogP contribution in [0.25, 0.3) is 10.9 Å². The van der Waals surface area contributed by atoms with Gasteiger partial charge < -0.3 is 25.4 Å². The van der Waals surface area contributed by atoms with Gasteiger partial charge in [0.15, 0.2) is 5.11 Å². The van der Waals surface area contributed by atoms with E-state index in [9.17, 15) is 9.59 Å². The molecule has 2 amide bonds. The summed E-state index contributed by atoms with van der Waals surface area (Å²) in [5, 5.41) is 3.66. The first-order chi connectivity index (χ1) is 17.3. The number of benzene rings is 3. The predicted octanol–water partition coefficient (Wildman–Crippen LogP) is 4.21. The molecule has 182 valence electrons. The molecule has 0 saturated heterocycles. The summed E-state index contributed by atoms with van der Waals surface area (Å²) in [6.45, 7) is 0. The van der Waals surface area contributed by atoms with E-state index in [0.717, 1.165) is 11.3 Å². The van der Waals surface area contributed by atoms with Gasteiger partial charge in [0, 0.05) is 29.8 Å². The molecule has 4 rings (SSSR count). The van der Waals surface area contributed by atoms with Gasteiger partial charge in [0.1, 0.15) is 11.5 Å². The molecule has 9 heteroatoms. The minimum absolute atomic E-state index is 0.188. The van der Waals surface area contributed by atoms with Crippen molar-refractivity contribution in [2.45, 2.75) is 6.42 Å². The first kappa shape index (κ1) is 24.6. The van der Waals surface area contributed by atoms with Crippen LogP contribution in [0.3, 0.4) is 0 Å². The molecule has 8 nitrogen and oxygen atoms in total. The maximum Gasteiger partial charge on any atom is 0.248 e. The summed E-state index contributed by atoms with van der Waals surface area (Å²) in [7, 11) is 3.29. The molecule has 1 heterocycles. The first-order valence-corrected chi connectivity index (χ1v) is 11.4. The van der Waals surface area contributed by atoms with Crippen LogP contribution in [-0.4, -0.2) is 36.1 Å². The van der Waals surface area contributed by atoms with Crippen LogP contribution in [0.15, 0.2) is 78.9 Å². The molecule has 0 saturated carbocycles. The lowest BCUT2D eigenvalue weighted by Gasteiger charge is -2.21. The highest BCUT2D eigenvalue weighted by atomic mass is 32.1. The number of fused-ring (bicyclic) bond motifs is 1. The third-order valence-corrected chi connectivity index (χ3v) is 5.83. The molecule has 3 N–H and O–H groups in total. The monoisotopic (exact) mass is 500 g/mol. The highest BCUT2D eigenvalue weighted by Gasteiger charge is 2.14. The van der Waals surface area contributed by atoms with Crippen molar-refractivity contribution in [3.63, 3.8) is 0 Å². The molecule has 0 atom stereocenters. The number of carbonyl (C=O) groups excluding carboxylic acids is 2. The van der Waals surface area contributed by atoms with Crippen molar-refractivity contribution in [3.8, 4) is 17.4 Å². The second-order valence-electron chi connectivity index (χ2n) is 7.93. The summed E-state index contributed by atoms with van der Waals surface area (Å²) in [6.07, 6.45) is 0.239. The Kier molecular flexibility index (Phi) is 7.41. The van der Waals surface area contributed by atoms with Gasteiger partial charge in [-0.1, -0.05) is 30.3 Å². The summed E-state index contributed by atoms with van der Waals surface area (Å²) in [6, 6.07) is 23.2. The second kappa shape index (κ2) is 10.8. The van der Waals surface area contributed by atoms with Crippen molar-refractivity contribution in [1.82, 2.24) is 10.3 Å². The zero-order chi connectivity index (χ0) is 25.7. The van der Waals surface area contributed by atoms with Crippen LogP contribution in [-0.2, 0) is 11.2 Å². The highest BCUT2D eigenvalue weighted by Crippen LogP contribution is 2.33. The molecular weight excluding hydrogens is 476 g/mol. The van der Waals surface area contributed by atoms with Crippen LogP contribution in [0, 0.1) is 0 Å². The standard InChI is InChI=1S/C27H24N4O4S/c1-31(27(36)30-24(32)14-17-6-4-3-5-7-17)19-9-11-20(12-10-19)35-23-16-25(34-2)29-22-13-8-18(26(28)33)15-21(22)23/h3-13,15-16H,14H2,1-2H3,(H2,28,33)(H,30,32,36). The number of aromatic nitrogens is 1. The van der Waals surface area contributed by atoms with Gasteiger partial charge in [0.25, 0.3) is 0 Å². The van der Waals surface area contributed by atoms with Crippen LogP contribution >= 0.6 is 12.2 Å². The van der Waals surface area contributed by atoms with E-state index in [1.807, 2.05) is 42.5 Å². The number of hydrogen-bond donors (Lipinski definition) is 2. The molecule has 1 aromatic heterocycles. The number of methoxy groups -OCH3 is 1. The molecule has 0 bridgehead atoms. The fourth-order valence-corrected chi connectivity index (χ4v) is 3.74. The molecule has 0 spiro atoms. The van der Waals surface area contributed by atoms with Crippen molar-refractivity contribution in [1.29, 1.82) is 0 Å². The van der Waals surface area contributed by atoms with Gasteiger partial charge in [-0.25, -0.2) is 4.98 Å². The lowest BCUT2D eigenvalue weighted by atomic mass is 10.1. The Balaban J connectivity index is 1.48. The zero-order valence-corrected chi connectivity index (χ0v) is 20.5.